The van der Waals surface area contributed by atoms with Crippen molar-refractivity contribution in [1.29, 1.82) is 0 Å². The van der Waals surface area contributed by atoms with Gasteiger partial charge in [-0.05, 0) is 30.3 Å². The second-order valence-corrected chi connectivity index (χ2v) is 6.90. The standard InChI is InChI=1S/C18H15Cl4NO5/c1-26-10-2-4-11(5-3-10)27-7-6-15(25)28-9-14(24)23-18-16(21)12(19)8-13(20)17(18)22/h2-5,8H,6-7,9H2,1H3,(H,23,24). The summed E-state index contributed by atoms with van der Waals surface area (Å²) < 4.78 is 15.3. The number of ether oxygens (including phenoxy) is 3. The highest BCUT2D eigenvalue weighted by Crippen LogP contribution is 2.40. The Morgan fingerprint density at radius 2 is 1.54 bits per heavy atom. The molecule has 1 N–H and O–H groups in total. The quantitative estimate of drug-likeness (QED) is 0.424. The molecule has 10 heteroatoms. The number of carbonyl (C=O) groups is 2. The molecule has 0 saturated heterocycles. The van der Waals surface area contributed by atoms with E-state index in [0.717, 1.165) is 0 Å². The van der Waals surface area contributed by atoms with Crippen molar-refractivity contribution in [3.8, 4) is 11.5 Å². The van der Waals surface area contributed by atoms with Crippen LogP contribution in [-0.4, -0.2) is 32.2 Å². The highest BCUT2D eigenvalue weighted by Gasteiger charge is 2.17. The number of benzene rings is 2. The molecule has 0 fully saturated rings. The van der Waals surface area contributed by atoms with E-state index in [0.29, 0.717) is 11.5 Å². The molecule has 0 unspecified atom stereocenters. The number of carbonyl (C=O) groups excluding carboxylic acids is 2. The second-order valence-electron chi connectivity index (χ2n) is 5.33. The molecule has 0 saturated carbocycles. The fourth-order valence-electron chi connectivity index (χ4n) is 2.00. The average molecular weight is 467 g/mol. The molecule has 0 spiro atoms. The molecule has 0 aliphatic rings. The van der Waals surface area contributed by atoms with E-state index in [1.807, 2.05) is 0 Å². The Bertz CT molecular complexity index is 832. The highest BCUT2D eigenvalue weighted by atomic mass is 35.5. The number of methoxy groups -OCH3 is 1. The fourth-order valence-corrected chi connectivity index (χ4v) is 2.90. The van der Waals surface area contributed by atoms with E-state index in [1.165, 1.54) is 6.07 Å². The zero-order valence-corrected chi connectivity index (χ0v) is 17.6. The van der Waals surface area contributed by atoms with Crippen LogP contribution in [0.15, 0.2) is 30.3 Å². The molecule has 2 aromatic carbocycles. The van der Waals surface area contributed by atoms with Crippen molar-refractivity contribution in [1.82, 2.24) is 0 Å². The van der Waals surface area contributed by atoms with Crippen LogP contribution >= 0.6 is 46.4 Å². The Balaban J connectivity index is 1.77. The minimum absolute atomic E-state index is 0.0311. The molecule has 0 aliphatic carbocycles. The van der Waals surface area contributed by atoms with Crippen LogP contribution in [-0.2, 0) is 14.3 Å². The van der Waals surface area contributed by atoms with E-state index < -0.39 is 18.5 Å². The lowest BCUT2D eigenvalue weighted by atomic mass is 10.3. The van der Waals surface area contributed by atoms with Gasteiger partial charge in [-0.3, -0.25) is 9.59 Å². The van der Waals surface area contributed by atoms with Crippen LogP contribution in [0.25, 0.3) is 0 Å². The summed E-state index contributed by atoms with van der Waals surface area (Å²) in [6.07, 6.45) is -0.0379. The molecule has 0 heterocycles. The Morgan fingerprint density at radius 1 is 0.964 bits per heavy atom. The molecule has 28 heavy (non-hydrogen) atoms. The number of nitrogens with one attached hydrogen (secondary N) is 1. The first-order valence-corrected chi connectivity index (χ1v) is 9.38. The molecular weight excluding hydrogens is 452 g/mol. The lowest BCUT2D eigenvalue weighted by Gasteiger charge is -2.12. The Morgan fingerprint density at radius 3 is 2.11 bits per heavy atom. The molecule has 150 valence electrons. The Labute approximate surface area is 181 Å². The van der Waals surface area contributed by atoms with Gasteiger partial charge in [0.05, 0.1) is 45.9 Å². The summed E-state index contributed by atoms with van der Waals surface area (Å²) in [5, 5.41) is 2.73. The van der Waals surface area contributed by atoms with Crippen molar-refractivity contribution >= 4 is 64.0 Å². The van der Waals surface area contributed by atoms with Crippen molar-refractivity contribution in [2.45, 2.75) is 6.42 Å². The van der Waals surface area contributed by atoms with Crippen molar-refractivity contribution in [2.75, 3.05) is 25.6 Å². The predicted molar refractivity (Wildman–Crippen MR) is 109 cm³/mol. The monoisotopic (exact) mass is 465 g/mol. The van der Waals surface area contributed by atoms with Gasteiger partial charge in [0, 0.05) is 0 Å². The summed E-state index contributed by atoms with van der Waals surface area (Å²) in [7, 11) is 1.56. The summed E-state index contributed by atoms with van der Waals surface area (Å²) in [6.45, 7) is -0.438. The van der Waals surface area contributed by atoms with Crippen molar-refractivity contribution < 1.29 is 23.8 Å². The number of esters is 1. The molecule has 0 atom stereocenters. The number of rotatable bonds is 8. The van der Waals surface area contributed by atoms with Crippen LogP contribution in [0, 0.1) is 0 Å². The average Bonchev–Trinajstić information content (AvgIpc) is 2.68. The SMILES string of the molecule is COc1ccc(OCCC(=O)OCC(=O)Nc2c(Cl)c(Cl)cc(Cl)c2Cl)cc1. The van der Waals surface area contributed by atoms with Gasteiger partial charge >= 0.3 is 5.97 Å². The van der Waals surface area contributed by atoms with Crippen LogP contribution < -0.4 is 14.8 Å². The smallest absolute Gasteiger partial charge is 0.309 e. The van der Waals surface area contributed by atoms with Gasteiger partial charge in [-0.1, -0.05) is 46.4 Å². The number of anilines is 1. The maximum Gasteiger partial charge on any atom is 0.309 e. The lowest BCUT2D eigenvalue weighted by Crippen LogP contribution is -2.22. The molecule has 6 nitrogen and oxygen atoms in total. The van der Waals surface area contributed by atoms with Gasteiger partial charge in [0.1, 0.15) is 11.5 Å². The van der Waals surface area contributed by atoms with E-state index in [9.17, 15) is 9.59 Å². The molecule has 2 aromatic rings. The van der Waals surface area contributed by atoms with Gasteiger partial charge in [0.2, 0.25) is 0 Å². The van der Waals surface area contributed by atoms with Gasteiger partial charge in [0.15, 0.2) is 6.61 Å². The van der Waals surface area contributed by atoms with Gasteiger partial charge in [-0.25, -0.2) is 0 Å². The largest absolute Gasteiger partial charge is 0.497 e. The number of hydrogen-bond acceptors (Lipinski definition) is 5. The minimum Gasteiger partial charge on any atom is -0.497 e. The summed E-state index contributed by atoms with van der Waals surface area (Å²) in [5.74, 6) is 0.0176. The summed E-state index contributed by atoms with van der Waals surface area (Å²) in [6, 6.07) is 8.24. The first-order chi connectivity index (χ1) is 13.3. The molecule has 0 radical (unpaired) electrons. The Hall–Kier alpha value is -1.86. The van der Waals surface area contributed by atoms with Crippen molar-refractivity contribution in [3.05, 3.63) is 50.4 Å². The Kier molecular flexibility index (Phi) is 8.51. The van der Waals surface area contributed by atoms with Gasteiger partial charge < -0.3 is 19.5 Å². The third-order valence-corrected chi connectivity index (χ3v) is 4.95. The number of hydrogen-bond donors (Lipinski definition) is 1. The summed E-state index contributed by atoms with van der Waals surface area (Å²) in [5.41, 5.74) is 0.0460. The third-order valence-electron chi connectivity index (χ3n) is 3.37. The summed E-state index contributed by atoms with van der Waals surface area (Å²) in [4.78, 5) is 23.7. The van der Waals surface area contributed by atoms with Crippen molar-refractivity contribution in [2.24, 2.45) is 0 Å². The molecule has 0 bridgehead atoms. The van der Waals surface area contributed by atoms with E-state index in [-0.39, 0.29) is 38.8 Å². The second kappa shape index (κ2) is 10.6. The van der Waals surface area contributed by atoms with Crippen molar-refractivity contribution in [3.63, 3.8) is 0 Å². The highest BCUT2D eigenvalue weighted by molar-refractivity contribution is 6.50. The minimum atomic E-state index is -0.647. The first kappa shape index (κ1) is 22.4. The normalized spacial score (nSPS) is 10.3. The predicted octanol–water partition coefficient (Wildman–Crippen LogP) is 5.26. The number of halogens is 4. The van der Waals surface area contributed by atoms with E-state index in [2.05, 4.69) is 5.32 Å². The fraction of sp³-hybridized carbons (Fsp3) is 0.222. The molecule has 0 aromatic heterocycles. The maximum absolute atomic E-state index is 12.0. The van der Waals surface area contributed by atoms with E-state index in [4.69, 9.17) is 60.6 Å². The van der Waals surface area contributed by atoms with Gasteiger partial charge in [-0.2, -0.15) is 0 Å². The molecular formula is C18H15Cl4NO5. The third kappa shape index (κ3) is 6.34. The van der Waals surface area contributed by atoms with Crippen LogP contribution in [0.4, 0.5) is 5.69 Å². The lowest BCUT2D eigenvalue weighted by molar-refractivity contribution is -0.147. The van der Waals surface area contributed by atoms with Gasteiger partial charge in [-0.15, -0.1) is 0 Å². The molecule has 0 aliphatic heterocycles. The molecule has 1 amide bonds. The number of amides is 1. The van der Waals surface area contributed by atoms with Crippen LogP contribution in [0.2, 0.25) is 20.1 Å². The zero-order chi connectivity index (χ0) is 20.7. The summed E-state index contributed by atoms with van der Waals surface area (Å²) >= 11 is 23.8. The topological polar surface area (TPSA) is 73.9 Å². The van der Waals surface area contributed by atoms with E-state index in [1.54, 1.807) is 31.4 Å². The molecule has 2 rings (SSSR count). The zero-order valence-electron chi connectivity index (χ0n) is 14.6. The van der Waals surface area contributed by atoms with Gasteiger partial charge in [0.25, 0.3) is 5.91 Å². The van der Waals surface area contributed by atoms with E-state index >= 15 is 0 Å². The van der Waals surface area contributed by atoms with Crippen LogP contribution in [0.3, 0.4) is 0 Å². The van der Waals surface area contributed by atoms with Crippen LogP contribution in [0.5, 0.6) is 11.5 Å². The first-order valence-electron chi connectivity index (χ1n) is 7.87. The maximum atomic E-state index is 12.0. The van der Waals surface area contributed by atoms with Crippen LogP contribution in [0.1, 0.15) is 6.42 Å².